The van der Waals surface area contributed by atoms with E-state index in [0.717, 1.165) is 44.2 Å². The Kier molecular flexibility index (Phi) is 3.58. The van der Waals surface area contributed by atoms with Gasteiger partial charge in [0, 0.05) is 51.0 Å². The summed E-state index contributed by atoms with van der Waals surface area (Å²) in [5, 5.41) is 8.62. The summed E-state index contributed by atoms with van der Waals surface area (Å²) in [5.41, 5.74) is 1.46. The summed E-state index contributed by atoms with van der Waals surface area (Å²) in [4.78, 5) is 17.7. The number of hydrogen-bond acceptors (Lipinski definition) is 7. The Labute approximate surface area is 133 Å². The number of fused-ring (bicyclic) bond motifs is 1. The van der Waals surface area contributed by atoms with E-state index in [9.17, 15) is 0 Å². The first-order valence-corrected chi connectivity index (χ1v) is 7.80. The molecule has 23 heavy (non-hydrogen) atoms. The minimum atomic E-state index is 0.684. The highest BCUT2D eigenvalue weighted by atomic mass is 15.3. The van der Waals surface area contributed by atoms with Crippen molar-refractivity contribution in [1.82, 2.24) is 34.4 Å². The topological polar surface area (TPSA) is 75.3 Å². The summed E-state index contributed by atoms with van der Waals surface area (Å²) in [6, 6.07) is 0. The van der Waals surface area contributed by atoms with Crippen molar-refractivity contribution in [3.63, 3.8) is 0 Å². The summed E-state index contributed by atoms with van der Waals surface area (Å²) in [5.74, 6) is 1.56. The summed E-state index contributed by atoms with van der Waals surface area (Å²) in [6.45, 7) is 7.28. The Morgan fingerprint density at radius 3 is 2.61 bits per heavy atom. The smallest absolute Gasteiger partial charge is 0.204 e. The standard InChI is InChI=1S/C15H18N8/c1-2-21-7-9-22(10-8-21)14-15-20-19-13(23(15)6-5-18-14)12-11-16-3-4-17-12/h3-6,11H,2,7-10H2,1H3. The molecular formula is C15H18N8. The van der Waals surface area contributed by atoms with Gasteiger partial charge >= 0.3 is 0 Å². The molecule has 3 aromatic heterocycles. The minimum Gasteiger partial charge on any atom is -0.351 e. The van der Waals surface area contributed by atoms with Gasteiger partial charge in [0.05, 0.1) is 6.20 Å². The molecule has 1 saturated heterocycles. The zero-order valence-electron chi connectivity index (χ0n) is 13.0. The van der Waals surface area contributed by atoms with Gasteiger partial charge < -0.3 is 9.80 Å². The molecule has 0 N–H and O–H groups in total. The first-order chi connectivity index (χ1) is 11.4. The van der Waals surface area contributed by atoms with Crippen molar-refractivity contribution in [3.8, 4) is 11.5 Å². The van der Waals surface area contributed by atoms with Crippen molar-refractivity contribution in [2.45, 2.75) is 6.92 Å². The van der Waals surface area contributed by atoms with Gasteiger partial charge in [-0.05, 0) is 6.54 Å². The molecule has 1 fully saturated rings. The van der Waals surface area contributed by atoms with Crippen LogP contribution in [0, 0.1) is 0 Å². The highest BCUT2D eigenvalue weighted by molar-refractivity contribution is 5.67. The second-order valence-corrected chi connectivity index (χ2v) is 5.48. The molecule has 1 aliphatic rings. The van der Waals surface area contributed by atoms with Gasteiger partial charge in [-0.3, -0.25) is 9.38 Å². The van der Waals surface area contributed by atoms with Gasteiger partial charge in [0.15, 0.2) is 11.6 Å². The van der Waals surface area contributed by atoms with E-state index in [-0.39, 0.29) is 0 Å². The molecule has 118 valence electrons. The maximum atomic E-state index is 4.54. The fourth-order valence-corrected chi connectivity index (χ4v) is 2.90. The van der Waals surface area contributed by atoms with Crippen molar-refractivity contribution in [2.24, 2.45) is 0 Å². The molecule has 1 aliphatic heterocycles. The third-order valence-corrected chi connectivity index (χ3v) is 4.22. The Hall–Kier alpha value is -2.61. The maximum absolute atomic E-state index is 4.54. The predicted octanol–water partition coefficient (Wildman–Crippen LogP) is 0.723. The average molecular weight is 310 g/mol. The Morgan fingerprint density at radius 1 is 1.00 bits per heavy atom. The second kappa shape index (κ2) is 5.88. The van der Waals surface area contributed by atoms with E-state index >= 15 is 0 Å². The molecule has 0 unspecified atom stereocenters. The Balaban J connectivity index is 1.71. The molecule has 0 aliphatic carbocycles. The van der Waals surface area contributed by atoms with E-state index in [4.69, 9.17) is 0 Å². The average Bonchev–Trinajstić information content (AvgIpc) is 3.07. The number of hydrogen-bond donors (Lipinski definition) is 0. The van der Waals surface area contributed by atoms with Crippen LogP contribution in [0.2, 0.25) is 0 Å². The lowest BCUT2D eigenvalue weighted by atomic mass is 10.3. The van der Waals surface area contributed by atoms with E-state index in [2.05, 4.69) is 41.9 Å². The van der Waals surface area contributed by atoms with Gasteiger partial charge in [-0.15, -0.1) is 10.2 Å². The van der Waals surface area contributed by atoms with Gasteiger partial charge in [-0.1, -0.05) is 6.92 Å². The molecule has 3 aromatic rings. The molecule has 0 radical (unpaired) electrons. The van der Waals surface area contributed by atoms with Crippen LogP contribution in [0.25, 0.3) is 17.2 Å². The van der Waals surface area contributed by atoms with Crippen LogP contribution in [-0.4, -0.2) is 67.2 Å². The summed E-state index contributed by atoms with van der Waals surface area (Å²) < 4.78 is 1.93. The number of nitrogens with zero attached hydrogens (tertiary/aromatic N) is 8. The lowest BCUT2D eigenvalue weighted by Gasteiger charge is -2.34. The Bertz CT molecular complexity index is 792. The van der Waals surface area contributed by atoms with E-state index in [0.29, 0.717) is 11.5 Å². The fourth-order valence-electron chi connectivity index (χ4n) is 2.90. The van der Waals surface area contributed by atoms with Crippen molar-refractivity contribution in [1.29, 1.82) is 0 Å². The first kappa shape index (κ1) is 14.0. The van der Waals surface area contributed by atoms with Gasteiger partial charge in [-0.2, -0.15) is 0 Å². The van der Waals surface area contributed by atoms with Crippen LogP contribution in [0.4, 0.5) is 5.82 Å². The monoisotopic (exact) mass is 310 g/mol. The van der Waals surface area contributed by atoms with E-state index in [1.807, 2.05) is 10.6 Å². The van der Waals surface area contributed by atoms with Gasteiger partial charge in [0.1, 0.15) is 5.69 Å². The van der Waals surface area contributed by atoms with Gasteiger partial charge in [0.2, 0.25) is 5.65 Å². The van der Waals surface area contributed by atoms with Crippen LogP contribution in [0.3, 0.4) is 0 Å². The molecule has 0 aromatic carbocycles. The first-order valence-electron chi connectivity index (χ1n) is 7.80. The molecule has 8 heteroatoms. The lowest BCUT2D eigenvalue weighted by Crippen LogP contribution is -2.46. The van der Waals surface area contributed by atoms with Crippen LogP contribution in [-0.2, 0) is 0 Å². The fraction of sp³-hybridized carbons (Fsp3) is 0.400. The molecule has 0 amide bonds. The van der Waals surface area contributed by atoms with Gasteiger partial charge in [-0.25, -0.2) is 9.97 Å². The molecular weight excluding hydrogens is 292 g/mol. The molecule has 0 atom stereocenters. The summed E-state index contributed by atoms with van der Waals surface area (Å²) in [7, 11) is 0. The van der Waals surface area contributed by atoms with E-state index < -0.39 is 0 Å². The number of anilines is 1. The third kappa shape index (κ3) is 2.50. The number of likely N-dealkylation sites (N-methyl/N-ethyl adjacent to an activating group) is 1. The third-order valence-electron chi connectivity index (χ3n) is 4.22. The normalized spacial score (nSPS) is 16.1. The molecule has 0 spiro atoms. The molecule has 4 rings (SSSR count). The quantitative estimate of drug-likeness (QED) is 0.705. The van der Waals surface area contributed by atoms with Crippen LogP contribution >= 0.6 is 0 Å². The maximum Gasteiger partial charge on any atom is 0.204 e. The zero-order valence-corrected chi connectivity index (χ0v) is 13.0. The zero-order chi connectivity index (χ0) is 15.6. The highest BCUT2D eigenvalue weighted by Gasteiger charge is 2.21. The summed E-state index contributed by atoms with van der Waals surface area (Å²) >= 11 is 0. The van der Waals surface area contributed by atoms with E-state index in [1.165, 1.54) is 0 Å². The van der Waals surface area contributed by atoms with Gasteiger partial charge in [0.25, 0.3) is 0 Å². The predicted molar refractivity (Wildman–Crippen MR) is 86.1 cm³/mol. The van der Waals surface area contributed by atoms with Crippen LogP contribution in [0.15, 0.2) is 31.0 Å². The van der Waals surface area contributed by atoms with Crippen LogP contribution < -0.4 is 4.90 Å². The van der Waals surface area contributed by atoms with Crippen molar-refractivity contribution < 1.29 is 0 Å². The summed E-state index contributed by atoms with van der Waals surface area (Å²) in [6.07, 6.45) is 8.65. The van der Waals surface area contributed by atoms with Crippen molar-refractivity contribution in [3.05, 3.63) is 31.0 Å². The number of piperazine rings is 1. The van der Waals surface area contributed by atoms with Crippen LogP contribution in [0.1, 0.15) is 6.92 Å². The van der Waals surface area contributed by atoms with E-state index in [1.54, 1.807) is 24.8 Å². The number of aromatic nitrogens is 6. The number of rotatable bonds is 3. The molecule has 0 saturated carbocycles. The van der Waals surface area contributed by atoms with Crippen molar-refractivity contribution >= 4 is 11.5 Å². The molecule has 0 bridgehead atoms. The SMILES string of the molecule is CCN1CCN(c2nccn3c(-c4cnccn4)nnc23)CC1. The van der Waals surface area contributed by atoms with Crippen LogP contribution in [0.5, 0.6) is 0 Å². The minimum absolute atomic E-state index is 0.684. The van der Waals surface area contributed by atoms with Crippen molar-refractivity contribution in [2.75, 3.05) is 37.6 Å². The molecule has 4 heterocycles. The lowest BCUT2D eigenvalue weighted by molar-refractivity contribution is 0.270. The Morgan fingerprint density at radius 2 is 1.87 bits per heavy atom. The second-order valence-electron chi connectivity index (χ2n) is 5.48. The molecule has 8 nitrogen and oxygen atoms in total. The largest absolute Gasteiger partial charge is 0.351 e. The highest BCUT2D eigenvalue weighted by Crippen LogP contribution is 2.22.